The van der Waals surface area contributed by atoms with Crippen LogP contribution in [0.5, 0.6) is 0 Å². The Hall–Kier alpha value is -5.17. The van der Waals surface area contributed by atoms with Gasteiger partial charge in [0.2, 0.25) is 11.8 Å². The average molecular weight is 590 g/mol. The van der Waals surface area contributed by atoms with Crippen LogP contribution in [0.1, 0.15) is 34.6 Å². The van der Waals surface area contributed by atoms with Crippen molar-refractivity contribution in [3.05, 3.63) is 125 Å². The van der Waals surface area contributed by atoms with Gasteiger partial charge in [0.15, 0.2) is 0 Å². The number of hydrazone groups is 1. The highest BCUT2D eigenvalue weighted by Gasteiger charge is 2.68. The Morgan fingerprint density at radius 3 is 1.93 bits per heavy atom. The molecule has 3 fully saturated rings. The summed E-state index contributed by atoms with van der Waals surface area (Å²) in [6, 6.07) is 29.3. The summed E-state index contributed by atoms with van der Waals surface area (Å²) in [6.07, 6.45) is 6.61. The van der Waals surface area contributed by atoms with Crippen LogP contribution in [0.4, 0.5) is 5.69 Å². The normalized spacial score (nSPS) is 33.5. The minimum absolute atomic E-state index is 0.0639. The lowest BCUT2D eigenvalue weighted by atomic mass is 9.47. The van der Waals surface area contributed by atoms with E-state index in [4.69, 9.17) is 5.10 Å². The largest absolute Gasteiger partial charge is 0.274 e. The van der Waals surface area contributed by atoms with Crippen molar-refractivity contribution in [2.75, 3.05) is 4.90 Å². The smallest absolute Gasteiger partial charge is 0.254 e. The molecule has 45 heavy (non-hydrogen) atoms. The maximum atomic E-state index is 14.9. The zero-order valence-electron chi connectivity index (χ0n) is 24.1. The molecule has 0 unspecified atom stereocenters. The van der Waals surface area contributed by atoms with Gasteiger partial charge in [0.05, 0.1) is 34.8 Å². The number of imide groups is 2. The van der Waals surface area contributed by atoms with Crippen LogP contribution in [0.25, 0.3) is 10.8 Å². The first-order chi connectivity index (χ1) is 22.0. The molecule has 4 aromatic rings. The lowest BCUT2D eigenvalue weighted by Gasteiger charge is -2.52. The summed E-state index contributed by atoms with van der Waals surface area (Å²) in [5, 5.41) is 7.55. The monoisotopic (exact) mass is 589 g/mol. The fourth-order valence-corrected chi connectivity index (χ4v) is 9.84. The molecule has 0 N–H and O–H groups in total. The van der Waals surface area contributed by atoms with Crippen LogP contribution in [-0.2, 0) is 24.6 Å². The summed E-state index contributed by atoms with van der Waals surface area (Å²) in [4.78, 5) is 58.3. The molecule has 2 saturated heterocycles. The lowest BCUT2D eigenvalue weighted by Crippen LogP contribution is -2.55. The van der Waals surface area contributed by atoms with Crippen molar-refractivity contribution in [3.63, 3.8) is 0 Å². The van der Waals surface area contributed by atoms with Gasteiger partial charge in [-0.25, -0.2) is 4.90 Å². The van der Waals surface area contributed by atoms with Gasteiger partial charge < -0.3 is 0 Å². The van der Waals surface area contributed by atoms with Gasteiger partial charge in [0.1, 0.15) is 0 Å². The molecular formula is C38H27N3O4. The van der Waals surface area contributed by atoms with Crippen molar-refractivity contribution >= 4 is 46.3 Å². The highest BCUT2D eigenvalue weighted by molar-refractivity contribution is 6.27. The number of amides is 4. The first kappa shape index (κ1) is 25.2. The molecule has 2 heterocycles. The van der Waals surface area contributed by atoms with Crippen LogP contribution in [0.15, 0.2) is 108 Å². The van der Waals surface area contributed by atoms with Gasteiger partial charge in [0.25, 0.3) is 11.8 Å². The second-order valence-corrected chi connectivity index (χ2v) is 13.3. The van der Waals surface area contributed by atoms with E-state index in [1.807, 2.05) is 91.0 Å². The number of allylic oxidation sites excluding steroid dienone is 2. The molecule has 7 aliphatic rings. The van der Waals surface area contributed by atoms with E-state index >= 15 is 0 Å². The summed E-state index contributed by atoms with van der Waals surface area (Å²) >= 11 is 0. The Balaban J connectivity index is 1.18. The van der Waals surface area contributed by atoms with E-state index in [-0.39, 0.29) is 53.2 Å². The maximum absolute atomic E-state index is 14.9. The molecule has 1 saturated carbocycles. The summed E-state index contributed by atoms with van der Waals surface area (Å²) < 4.78 is 0. The van der Waals surface area contributed by atoms with Crippen LogP contribution in [0, 0.1) is 35.5 Å². The Labute approximate surface area is 258 Å². The van der Waals surface area contributed by atoms with E-state index < -0.39 is 17.3 Å². The summed E-state index contributed by atoms with van der Waals surface area (Å²) in [7, 11) is 0. The van der Waals surface area contributed by atoms with Gasteiger partial charge in [-0.15, -0.1) is 0 Å². The zero-order chi connectivity index (χ0) is 30.2. The second-order valence-electron chi connectivity index (χ2n) is 13.3. The van der Waals surface area contributed by atoms with Crippen molar-refractivity contribution in [2.24, 2.45) is 40.6 Å². The number of nitrogens with zero attached hydrogens (tertiary/aromatic N) is 3. The predicted octanol–water partition coefficient (Wildman–Crippen LogP) is 5.18. The second kappa shape index (κ2) is 8.51. The summed E-state index contributed by atoms with van der Waals surface area (Å²) in [6.45, 7) is 0. The fourth-order valence-electron chi connectivity index (χ4n) is 9.84. The average Bonchev–Trinajstić information content (AvgIpc) is 3.82. The number of benzene rings is 4. The molecule has 4 bridgehead atoms. The van der Waals surface area contributed by atoms with Crippen molar-refractivity contribution in [3.8, 4) is 0 Å². The number of fused-ring (bicyclic) bond motifs is 6. The number of hydrogen-bond acceptors (Lipinski definition) is 5. The van der Waals surface area contributed by atoms with Crippen molar-refractivity contribution in [1.29, 1.82) is 0 Å². The van der Waals surface area contributed by atoms with Gasteiger partial charge >= 0.3 is 0 Å². The van der Waals surface area contributed by atoms with Gasteiger partial charge in [-0.1, -0.05) is 97.1 Å². The molecule has 4 aromatic carbocycles. The molecule has 0 spiro atoms. The summed E-state index contributed by atoms with van der Waals surface area (Å²) in [5.74, 6) is -3.50. The highest BCUT2D eigenvalue weighted by atomic mass is 16.2. The first-order valence-electron chi connectivity index (χ1n) is 15.7. The predicted molar refractivity (Wildman–Crippen MR) is 167 cm³/mol. The lowest BCUT2D eigenvalue weighted by molar-refractivity contribution is -0.140. The Morgan fingerprint density at radius 2 is 1.24 bits per heavy atom. The molecule has 6 atom stereocenters. The van der Waals surface area contributed by atoms with Gasteiger partial charge in [0, 0.05) is 17.5 Å². The highest BCUT2D eigenvalue weighted by Crippen LogP contribution is 2.64. The minimum Gasteiger partial charge on any atom is -0.274 e. The molecule has 2 aliphatic heterocycles. The minimum atomic E-state index is -1.16. The van der Waals surface area contributed by atoms with Gasteiger partial charge in [-0.2, -0.15) is 10.1 Å². The van der Waals surface area contributed by atoms with E-state index in [9.17, 15) is 19.2 Å². The fraction of sp³-hybridized carbons (Fsp3) is 0.237. The van der Waals surface area contributed by atoms with Crippen LogP contribution < -0.4 is 4.90 Å². The van der Waals surface area contributed by atoms with Crippen LogP contribution in [0.2, 0.25) is 0 Å². The first-order valence-corrected chi connectivity index (χ1v) is 15.7. The van der Waals surface area contributed by atoms with E-state index in [2.05, 4.69) is 12.2 Å². The maximum Gasteiger partial charge on any atom is 0.254 e. The number of rotatable bonds is 3. The Bertz CT molecular complexity index is 2030. The number of hydrogen-bond donors (Lipinski definition) is 0. The van der Waals surface area contributed by atoms with Gasteiger partial charge in [-0.05, 0) is 52.0 Å². The SMILES string of the molecule is O=C1[C@@H]2[C@H](C(=O)N1/N=C\C13c4ccccc4C(c4ccccc41)[C@H]1C(=O)N(c4cccc5ccccc45)C(=O)[C@@H]13)[C@H]1C=C[C@H]2C1. The van der Waals surface area contributed by atoms with Crippen molar-refractivity contribution in [2.45, 2.75) is 17.8 Å². The summed E-state index contributed by atoms with van der Waals surface area (Å²) in [5.41, 5.74) is 3.14. The van der Waals surface area contributed by atoms with E-state index in [1.165, 1.54) is 4.90 Å². The number of carbonyl (C=O) groups excluding carboxylic acids is 4. The third kappa shape index (κ3) is 2.90. The van der Waals surface area contributed by atoms with Crippen LogP contribution in [-0.4, -0.2) is 34.9 Å². The molecule has 0 aromatic heterocycles. The van der Waals surface area contributed by atoms with E-state index in [1.54, 1.807) is 6.21 Å². The topological polar surface area (TPSA) is 87.1 Å². The molecule has 218 valence electrons. The quantitative estimate of drug-likeness (QED) is 0.187. The number of anilines is 1. The molecule has 11 rings (SSSR count). The standard InChI is InChI=1S/C38H27N3O4/c42-34-32-31-24-11-3-5-13-26(24)38(27-14-6-4-12-25(27)31,19-39-41-35(43)29-21-16-17-22(18-21)30(29)36(41)44)33(32)37(45)40(34)28-15-7-9-20-8-1-2-10-23(20)28/h1-17,19,21-22,29-33H,18H2/b39-19-/t21-,22-,29-,30+,31?,32+,33+,38?/m0/s1. The Morgan fingerprint density at radius 1 is 0.644 bits per heavy atom. The van der Waals surface area contributed by atoms with Crippen molar-refractivity contribution < 1.29 is 19.2 Å². The van der Waals surface area contributed by atoms with E-state index in [0.717, 1.165) is 44.5 Å². The van der Waals surface area contributed by atoms with Crippen LogP contribution in [0.3, 0.4) is 0 Å². The van der Waals surface area contributed by atoms with Gasteiger partial charge in [-0.3, -0.25) is 19.2 Å². The molecule has 5 aliphatic carbocycles. The molecule has 4 amide bonds. The third-order valence-electron chi connectivity index (χ3n) is 11.5. The molecule has 7 heteroatoms. The third-order valence-corrected chi connectivity index (χ3v) is 11.5. The number of carbonyl (C=O) groups is 4. The Kier molecular flexibility index (Phi) is 4.76. The zero-order valence-corrected chi connectivity index (χ0v) is 24.1. The van der Waals surface area contributed by atoms with E-state index in [0.29, 0.717) is 5.69 Å². The molecule has 0 radical (unpaired) electrons. The van der Waals surface area contributed by atoms with Crippen molar-refractivity contribution in [1.82, 2.24) is 5.01 Å². The molecule has 7 nitrogen and oxygen atoms in total. The molecular weight excluding hydrogens is 562 g/mol. The van der Waals surface area contributed by atoms with Crippen LogP contribution >= 0.6 is 0 Å².